The molecule has 0 bridgehead atoms. The molecule has 1 N–H and O–H groups in total. The van der Waals surface area contributed by atoms with E-state index < -0.39 is 74.2 Å². The summed E-state index contributed by atoms with van der Waals surface area (Å²) in [4.78, 5) is 22.7. The van der Waals surface area contributed by atoms with Crippen LogP contribution in [0, 0.1) is 11.6 Å². The molecule has 0 aliphatic carbocycles. The van der Waals surface area contributed by atoms with Crippen molar-refractivity contribution >= 4 is 43.1 Å². The number of carbonyl (C=O) groups excluding carboxylic acids is 2. The van der Waals surface area contributed by atoms with E-state index in [1.807, 2.05) is 0 Å². The number of para-hydroxylation sites is 2. The minimum Gasteiger partial charge on any atom is -0.415 e. The van der Waals surface area contributed by atoms with Crippen LogP contribution in [0.3, 0.4) is 0 Å². The quantitative estimate of drug-likeness (QED) is 0.103. The number of halogens is 6. The first-order chi connectivity index (χ1) is 25.8. The van der Waals surface area contributed by atoms with Crippen LogP contribution in [-0.2, 0) is 37.9 Å². The van der Waals surface area contributed by atoms with E-state index in [1.54, 1.807) is 66.0 Å². The maximum Gasteiger partial charge on any atom is 0.315 e. The van der Waals surface area contributed by atoms with Crippen molar-refractivity contribution in [3.63, 3.8) is 0 Å². The highest BCUT2D eigenvalue weighted by Crippen LogP contribution is 2.28. The van der Waals surface area contributed by atoms with E-state index in [0.717, 1.165) is 39.3 Å². The molecule has 0 saturated heterocycles. The van der Waals surface area contributed by atoms with E-state index in [9.17, 15) is 52.8 Å². The molecule has 12 nitrogen and oxygen atoms in total. The Morgan fingerprint density at radius 3 is 1.62 bits per heavy atom. The van der Waals surface area contributed by atoms with E-state index >= 15 is 0 Å². The number of aromatic nitrogens is 2. The second-order valence-corrected chi connectivity index (χ2v) is 15.3. The van der Waals surface area contributed by atoms with E-state index in [4.69, 9.17) is 4.42 Å². The number of anilines is 2. The average molecular weight is 812 g/mol. The van der Waals surface area contributed by atoms with Gasteiger partial charge in [0.15, 0.2) is 5.78 Å². The summed E-state index contributed by atoms with van der Waals surface area (Å²) in [6, 6.07) is 23.9. The highest BCUT2D eigenvalue weighted by Gasteiger charge is 2.23. The lowest BCUT2D eigenvalue weighted by Gasteiger charge is -2.22. The monoisotopic (exact) mass is 811 g/mol. The van der Waals surface area contributed by atoms with Crippen LogP contribution in [0.1, 0.15) is 33.8 Å². The minimum absolute atomic E-state index is 0.105. The van der Waals surface area contributed by atoms with Crippen LogP contribution in [-0.4, -0.2) is 64.2 Å². The number of benzene rings is 4. The number of rotatable bonds is 14. The third-order valence-corrected chi connectivity index (χ3v) is 9.67. The Labute approximate surface area is 311 Å². The van der Waals surface area contributed by atoms with Crippen LogP contribution in [0.5, 0.6) is 0 Å². The zero-order chi connectivity index (χ0) is 40.5. The van der Waals surface area contributed by atoms with Gasteiger partial charge in [0.2, 0.25) is 20.0 Å². The summed E-state index contributed by atoms with van der Waals surface area (Å²) in [6.45, 7) is -1.05. The molecular weight excluding hydrogens is 781 g/mol. The normalized spacial score (nSPS) is 11.5. The van der Waals surface area contributed by atoms with Gasteiger partial charge in [-0.25, -0.2) is 25.6 Å². The molecule has 0 atom stereocenters. The Balaban J connectivity index is 0.000000245. The second-order valence-electron chi connectivity index (χ2n) is 11.5. The maximum atomic E-state index is 14.4. The molecule has 1 amide bonds. The number of sulfonamides is 2. The van der Waals surface area contributed by atoms with Gasteiger partial charge in [-0.2, -0.15) is 17.6 Å². The number of ketones is 1. The van der Waals surface area contributed by atoms with Gasteiger partial charge in [-0.1, -0.05) is 48.5 Å². The number of alkyl halides is 4. The SMILES string of the molecule is CS(=O)(=O)N(Cc1ccc(-c2nnc(C(F)F)o2)c(F)c1)c1ccccc1.CS(=O)(=O)N(Cc1ccc(C(=O)CNC(=O)C(F)F)c(F)c1)c1ccccc1. The number of carbonyl (C=O) groups is 2. The standard InChI is InChI=1S/C18H17F3N2O4S.C17H14F3N3O3S/c1-28(26,27)23(13-5-3-2-4-6-13)11-12-7-8-14(15(19)9-12)16(24)10-22-18(25)17(20)21;1-27(24,25)23(12-5-3-2-4-6-12)10-11-7-8-13(14(18)9-11)16-21-22-17(26-16)15(19)20/h2-9,17H,10-11H2,1H3,(H,22,25);2-9,15H,10H2,1H3. The summed E-state index contributed by atoms with van der Waals surface area (Å²) >= 11 is 0. The molecular formula is C35H31F6N5O7S2. The molecule has 5 rings (SSSR count). The van der Waals surface area contributed by atoms with E-state index in [0.29, 0.717) is 16.9 Å². The Bertz CT molecular complexity index is 2330. The van der Waals surface area contributed by atoms with E-state index in [2.05, 4.69) is 10.2 Å². The van der Waals surface area contributed by atoms with Crippen molar-refractivity contribution < 1.29 is 57.2 Å². The number of hydrogen-bond acceptors (Lipinski definition) is 9. The van der Waals surface area contributed by atoms with Crippen molar-refractivity contribution in [1.82, 2.24) is 15.5 Å². The summed E-state index contributed by atoms with van der Waals surface area (Å²) in [7, 11) is -7.27. The van der Waals surface area contributed by atoms with Gasteiger partial charge < -0.3 is 9.73 Å². The third kappa shape index (κ3) is 11.6. The van der Waals surface area contributed by atoms with Gasteiger partial charge >= 0.3 is 12.9 Å². The topological polar surface area (TPSA) is 160 Å². The minimum atomic E-state index is -3.66. The van der Waals surface area contributed by atoms with Crippen molar-refractivity contribution in [3.05, 3.63) is 131 Å². The van der Waals surface area contributed by atoms with Crippen LogP contribution in [0.2, 0.25) is 0 Å². The van der Waals surface area contributed by atoms with Gasteiger partial charge in [-0.05, 0) is 59.7 Å². The summed E-state index contributed by atoms with van der Waals surface area (Å²) in [6.07, 6.45) is -4.17. The fraction of sp³-hybridized carbons (Fsp3) is 0.200. The van der Waals surface area contributed by atoms with Gasteiger partial charge in [0, 0.05) is 0 Å². The van der Waals surface area contributed by atoms with E-state index in [1.165, 1.54) is 18.2 Å². The summed E-state index contributed by atoms with van der Waals surface area (Å²) in [5, 5.41) is 8.26. The van der Waals surface area contributed by atoms with Crippen LogP contribution >= 0.6 is 0 Å². The smallest absolute Gasteiger partial charge is 0.315 e. The average Bonchev–Trinajstić information content (AvgIpc) is 3.62. The van der Waals surface area contributed by atoms with Gasteiger partial charge in [-0.3, -0.25) is 18.2 Å². The Hall–Kier alpha value is -5.76. The Morgan fingerprint density at radius 1 is 0.709 bits per heavy atom. The molecule has 0 aliphatic rings. The first-order valence-electron chi connectivity index (χ1n) is 15.7. The predicted molar refractivity (Wildman–Crippen MR) is 189 cm³/mol. The number of Topliss-reactive ketones (excluding diaryl/α,β-unsaturated/α-hetero) is 1. The lowest BCUT2D eigenvalue weighted by Crippen LogP contribution is -2.34. The molecule has 5 aromatic rings. The summed E-state index contributed by atoms with van der Waals surface area (Å²) < 4.78 is 133. The largest absolute Gasteiger partial charge is 0.415 e. The zero-order valence-electron chi connectivity index (χ0n) is 28.7. The number of nitrogens with zero attached hydrogens (tertiary/aromatic N) is 4. The number of amides is 1. The lowest BCUT2D eigenvalue weighted by molar-refractivity contribution is -0.131. The molecule has 20 heteroatoms. The molecule has 0 radical (unpaired) electrons. The molecule has 1 aromatic heterocycles. The molecule has 0 aliphatic heterocycles. The molecule has 1 heterocycles. The van der Waals surface area contributed by atoms with Gasteiger partial charge in [0.05, 0.1) is 54.6 Å². The van der Waals surface area contributed by atoms with Crippen LogP contribution in [0.4, 0.5) is 37.7 Å². The fourth-order valence-electron chi connectivity index (χ4n) is 4.81. The summed E-state index contributed by atoms with van der Waals surface area (Å²) in [5.74, 6) is -5.54. The van der Waals surface area contributed by atoms with Crippen LogP contribution in [0.25, 0.3) is 11.5 Å². The van der Waals surface area contributed by atoms with Crippen LogP contribution in [0.15, 0.2) is 101 Å². The molecule has 55 heavy (non-hydrogen) atoms. The number of nitrogens with one attached hydrogen (secondary N) is 1. The van der Waals surface area contributed by atoms with Crippen molar-refractivity contribution in [1.29, 1.82) is 0 Å². The molecule has 0 unspecified atom stereocenters. The number of hydrogen-bond donors (Lipinski definition) is 1. The molecule has 292 valence electrons. The first-order valence-corrected chi connectivity index (χ1v) is 19.4. The molecule has 0 saturated carbocycles. The maximum absolute atomic E-state index is 14.4. The molecule has 0 spiro atoms. The molecule has 4 aromatic carbocycles. The van der Waals surface area contributed by atoms with Crippen molar-refractivity contribution in [2.24, 2.45) is 0 Å². The van der Waals surface area contributed by atoms with Gasteiger partial charge in [0.25, 0.3) is 17.7 Å². The van der Waals surface area contributed by atoms with Gasteiger partial charge in [-0.15, -0.1) is 10.2 Å². The van der Waals surface area contributed by atoms with Crippen molar-refractivity contribution in [3.8, 4) is 11.5 Å². The second kappa shape index (κ2) is 18.0. The Morgan fingerprint density at radius 2 is 1.20 bits per heavy atom. The fourth-order valence-corrected chi connectivity index (χ4v) is 6.58. The highest BCUT2D eigenvalue weighted by molar-refractivity contribution is 7.92. The Kier molecular flexibility index (Phi) is 13.8. The van der Waals surface area contributed by atoms with Crippen molar-refractivity contribution in [2.75, 3.05) is 27.7 Å². The lowest BCUT2D eigenvalue weighted by atomic mass is 10.1. The van der Waals surface area contributed by atoms with Crippen molar-refractivity contribution in [2.45, 2.75) is 25.9 Å². The third-order valence-electron chi connectivity index (χ3n) is 7.39. The van der Waals surface area contributed by atoms with Gasteiger partial charge in [0.1, 0.15) is 11.6 Å². The zero-order valence-corrected chi connectivity index (χ0v) is 30.4. The van der Waals surface area contributed by atoms with E-state index in [-0.39, 0.29) is 30.1 Å². The summed E-state index contributed by atoms with van der Waals surface area (Å²) in [5.41, 5.74) is 0.912. The molecule has 0 fully saturated rings. The van der Waals surface area contributed by atoms with Crippen LogP contribution < -0.4 is 13.9 Å². The predicted octanol–water partition coefficient (Wildman–Crippen LogP) is 6.14. The highest BCUT2D eigenvalue weighted by atomic mass is 32.2. The first kappa shape index (κ1) is 42.0.